The number of aryl methyl sites for hydroxylation is 1. The van der Waals surface area contributed by atoms with Gasteiger partial charge in [0.25, 0.3) is 0 Å². The summed E-state index contributed by atoms with van der Waals surface area (Å²) in [6.07, 6.45) is 7.93. The first-order chi connectivity index (χ1) is 7.29. The Morgan fingerprint density at radius 1 is 1.33 bits per heavy atom. The Hall–Kier alpha value is -1.28. The number of aromatic nitrogens is 1. The third-order valence-corrected chi connectivity index (χ3v) is 1.69. The average Bonchev–Trinajstić information content (AvgIpc) is 2.66. The molecule has 0 aliphatic rings. The first kappa shape index (κ1) is 16.2. The largest absolute Gasteiger partial charge is 0.333 e. The predicted molar refractivity (Wildman–Crippen MR) is 71.7 cm³/mol. The number of allylic oxidation sites excluding steroid dienone is 1. The molecular weight excluding hydrogens is 184 g/mol. The van der Waals surface area contributed by atoms with Crippen LogP contribution in [0.4, 0.5) is 0 Å². The van der Waals surface area contributed by atoms with Crippen LogP contribution < -0.4 is 5.73 Å². The van der Waals surface area contributed by atoms with Gasteiger partial charge in [-0.15, -0.1) is 0 Å². The summed E-state index contributed by atoms with van der Waals surface area (Å²) in [5.74, 6) is 0. The Bertz CT molecular complexity index is 283. The minimum Gasteiger partial charge on any atom is -0.333 e. The maximum absolute atomic E-state index is 4.50. The molecule has 0 aliphatic carbocycles. The number of hydrogen-bond donors (Lipinski definition) is 1. The van der Waals surface area contributed by atoms with Crippen LogP contribution in [0, 0.1) is 6.92 Å². The van der Waals surface area contributed by atoms with Gasteiger partial charge in [0.2, 0.25) is 0 Å². The monoisotopic (exact) mass is 208 g/mol. The second-order valence-electron chi connectivity index (χ2n) is 2.47. The second-order valence-corrected chi connectivity index (χ2v) is 2.47. The highest BCUT2D eigenvalue weighted by atomic mass is 14.9. The Labute approximate surface area is 94.1 Å². The van der Waals surface area contributed by atoms with Gasteiger partial charge in [-0.05, 0) is 38.6 Å². The molecule has 2 N–H and O–H groups in total. The van der Waals surface area contributed by atoms with Crippen LogP contribution in [0.2, 0.25) is 0 Å². The van der Waals surface area contributed by atoms with Crippen molar-refractivity contribution < 1.29 is 0 Å². The Balaban J connectivity index is 0. The predicted octanol–water partition coefficient (Wildman–Crippen LogP) is 3.53. The molecule has 1 rings (SSSR count). The molecular formula is C13H24N2. The summed E-state index contributed by atoms with van der Waals surface area (Å²) >= 11 is 0. The molecule has 2 heteroatoms. The van der Waals surface area contributed by atoms with Gasteiger partial charge in [0, 0.05) is 18.1 Å². The van der Waals surface area contributed by atoms with Crippen molar-refractivity contribution in [2.24, 2.45) is 5.73 Å². The van der Waals surface area contributed by atoms with Crippen molar-refractivity contribution in [3.05, 3.63) is 36.2 Å². The van der Waals surface area contributed by atoms with Gasteiger partial charge < -0.3 is 10.3 Å². The molecule has 2 nitrogen and oxygen atoms in total. The third-order valence-electron chi connectivity index (χ3n) is 1.69. The van der Waals surface area contributed by atoms with E-state index in [4.69, 9.17) is 0 Å². The molecule has 0 amide bonds. The number of rotatable bonds is 2. The Kier molecular flexibility index (Phi) is 11.6. The molecule has 15 heavy (non-hydrogen) atoms. The zero-order valence-corrected chi connectivity index (χ0v) is 10.6. The van der Waals surface area contributed by atoms with Gasteiger partial charge in [0.05, 0.1) is 0 Å². The van der Waals surface area contributed by atoms with Gasteiger partial charge in [-0.25, -0.2) is 0 Å². The summed E-state index contributed by atoms with van der Waals surface area (Å²) in [5, 5.41) is 0. The fourth-order valence-corrected chi connectivity index (χ4v) is 1.10. The summed E-state index contributed by atoms with van der Waals surface area (Å²) < 4.78 is 2.01. The standard InChI is InChI=1S/C10H13N.C2H6.CH5N/c1-4-6-10-9(3)7-8-11(10)5-2;2*1-2/h4-8H,2H2,1,3H3;1-2H3;2H2,1H3/b6-4-;;. The molecule has 0 saturated heterocycles. The number of nitrogens with zero attached hydrogens (tertiary/aromatic N) is 1. The maximum atomic E-state index is 4.50. The van der Waals surface area contributed by atoms with E-state index in [9.17, 15) is 0 Å². The van der Waals surface area contributed by atoms with E-state index in [1.54, 1.807) is 0 Å². The van der Waals surface area contributed by atoms with Crippen LogP contribution in [0.25, 0.3) is 12.3 Å². The quantitative estimate of drug-likeness (QED) is 0.792. The van der Waals surface area contributed by atoms with Crippen molar-refractivity contribution in [3.8, 4) is 0 Å². The zero-order chi connectivity index (χ0) is 12.3. The molecule has 1 aromatic rings. The molecule has 1 aromatic heterocycles. The SMILES string of the molecule is C=Cn1ccc(C)c1/C=C\C.CC.CN. The van der Waals surface area contributed by atoms with Gasteiger partial charge >= 0.3 is 0 Å². The Morgan fingerprint density at radius 3 is 2.27 bits per heavy atom. The normalized spacial score (nSPS) is 8.67. The number of hydrogen-bond acceptors (Lipinski definition) is 1. The minimum absolute atomic E-state index is 1.21. The van der Waals surface area contributed by atoms with Gasteiger partial charge in [-0.1, -0.05) is 26.5 Å². The topological polar surface area (TPSA) is 30.9 Å². The average molecular weight is 208 g/mol. The van der Waals surface area contributed by atoms with Gasteiger partial charge in [-0.3, -0.25) is 0 Å². The van der Waals surface area contributed by atoms with Crippen molar-refractivity contribution >= 4 is 12.3 Å². The van der Waals surface area contributed by atoms with Crippen molar-refractivity contribution in [1.82, 2.24) is 4.57 Å². The molecule has 86 valence electrons. The lowest BCUT2D eigenvalue weighted by Gasteiger charge is -1.97. The van der Waals surface area contributed by atoms with E-state index in [2.05, 4.69) is 31.4 Å². The van der Waals surface area contributed by atoms with E-state index in [1.165, 1.54) is 18.3 Å². The van der Waals surface area contributed by atoms with Crippen molar-refractivity contribution in [1.29, 1.82) is 0 Å². The highest BCUT2D eigenvalue weighted by Gasteiger charge is 1.97. The smallest absolute Gasteiger partial charge is 0.0475 e. The molecule has 1 heterocycles. The lowest BCUT2D eigenvalue weighted by Crippen LogP contribution is -1.86. The van der Waals surface area contributed by atoms with E-state index in [1.807, 2.05) is 43.8 Å². The van der Waals surface area contributed by atoms with Crippen LogP contribution in [0.1, 0.15) is 32.0 Å². The minimum atomic E-state index is 1.21. The highest BCUT2D eigenvalue weighted by Crippen LogP contribution is 2.11. The first-order valence-electron chi connectivity index (χ1n) is 5.30. The Morgan fingerprint density at radius 2 is 1.87 bits per heavy atom. The van der Waals surface area contributed by atoms with Crippen molar-refractivity contribution in [2.45, 2.75) is 27.7 Å². The van der Waals surface area contributed by atoms with Gasteiger partial charge in [0.1, 0.15) is 0 Å². The van der Waals surface area contributed by atoms with E-state index >= 15 is 0 Å². The second kappa shape index (κ2) is 10.8. The fraction of sp³-hybridized carbons (Fsp3) is 0.385. The van der Waals surface area contributed by atoms with Crippen molar-refractivity contribution in [2.75, 3.05) is 7.05 Å². The molecule has 0 bridgehead atoms. The van der Waals surface area contributed by atoms with Crippen LogP contribution in [0.3, 0.4) is 0 Å². The molecule has 0 radical (unpaired) electrons. The first-order valence-corrected chi connectivity index (χ1v) is 5.30. The summed E-state index contributed by atoms with van der Waals surface area (Å²) in [6, 6.07) is 2.08. The third kappa shape index (κ3) is 5.23. The van der Waals surface area contributed by atoms with Crippen LogP contribution in [0.5, 0.6) is 0 Å². The molecule has 0 aromatic carbocycles. The van der Waals surface area contributed by atoms with Crippen molar-refractivity contribution in [3.63, 3.8) is 0 Å². The summed E-state index contributed by atoms with van der Waals surface area (Å²) in [7, 11) is 1.50. The number of nitrogens with two attached hydrogens (primary N) is 1. The van der Waals surface area contributed by atoms with Gasteiger partial charge in [0.15, 0.2) is 0 Å². The van der Waals surface area contributed by atoms with E-state index in [0.29, 0.717) is 0 Å². The molecule has 0 fully saturated rings. The molecule has 0 saturated carbocycles. The lowest BCUT2D eigenvalue weighted by molar-refractivity contribution is 1.14. The van der Waals surface area contributed by atoms with Gasteiger partial charge in [-0.2, -0.15) is 0 Å². The molecule has 0 spiro atoms. The molecule has 0 atom stereocenters. The van der Waals surface area contributed by atoms with Crippen LogP contribution in [-0.2, 0) is 0 Å². The fourth-order valence-electron chi connectivity index (χ4n) is 1.10. The van der Waals surface area contributed by atoms with E-state index < -0.39 is 0 Å². The van der Waals surface area contributed by atoms with Crippen LogP contribution in [-0.4, -0.2) is 11.6 Å². The van der Waals surface area contributed by atoms with E-state index in [-0.39, 0.29) is 0 Å². The zero-order valence-electron chi connectivity index (χ0n) is 10.6. The molecule has 0 unspecified atom stereocenters. The van der Waals surface area contributed by atoms with Crippen LogP contribution in [0.15, 0.2) is 24.9 Å². The highest BCUT2D eigenvalue weighted by molar-refractivity contribution is 5.53. The molecule has 0 aliphatic heterocycles. The summed E-state index contributed by atoms with van der Waals surface area (Å²) in [5.41, 5.74) is 6.99. The van der Waals surface area contributed by atoms with E-state index in [0.717, 1.165) is 0 Å². The summed E-state index contributed by atoms with van der Waals surface area (Å²) in [4.78, 5) is 0. The summed E-state index contributed by atoms with van der Waals surface area (Å²) in [6.45, 7) is 11.8. The lowest BCUT2D eigenvalue weighted by atomic mass is 10.2. The van der Waals surface area contributed by atoms with Crippen LogP contribution >= 0.6 is 0 Å². The maximum Gasteiger partial charge on any atom is 0.0475 e.